The first kappa shape index (κ1) is 19.2. The minimum absolute atomic E-state index is 0.00806. The molecule has 0 aromatic heterocycles. The van der Waals surface area contributed by atoms with Gasteiger partial charge in [-0.15, -0.1) is 0 Å². The molecule has 4 nitrogen and oxygen atoms in total. The van der Waals surface area contributed by atoms with Gasteiger partial charge in [0.15, 0.2) is 5.96 Å². The molecule has 2 aromatic rings. The van der Waals surface area contributed by atoms with Gasteiger partial charge < -0.3 is 15.7 Å². The Morgan fingerprint density at radius 3 is 2.60 bits per heavy atom. The van der Waals surface area contributed by atoms with Crippen LogP contribution in [0.15, 0.2) is 53.5 Å². The van der Waals surface area contributed by atoms with E-state index >= 15 is 0 Å². The Labute approximate surface area is 152 Å². The van der Waals surface area contributed by atoms with Crippen molar-refractivity contribution in [3.63, 3.8) is 0 Å². The summed E-state index contributed by atoms with van der Waals surface area (Å²) in [7, 11) is 1.69. The quantitative estimate of drug-likeness (QED) is 0.523. The van der Waals surface area contributed by atoms with E-state index < -0.39 is 0 Å². The summed E-state index contributed by atoms with van der Waals surface area (Å²) in [6.07, 6.45) is 0.655. The Morgan fingerprint density at radius 2 is 1.96 bits per heavy atom. The molecule has 25 heavy (non-hydrogen) atoms. The highest BCUT2D eigenvalue weighted by Crippen LogP contribution is 2.17. The normalized spacial score (nSPS) is 12.7. The molecule has 134 valence electrons. The van der Waals surface area contributed by atoms with Crippen LogP contribution in [0.4, 0.5) is 4.39 Å². The molecule has 0 amide bonds. The molecule has 6 heteroatoms. The molecule has 0 radical (unpaired) electrons. The molecule has 0 heterocycles. The Morgan fingerprint density at radius 1 is 1.20 bits per heavy atom. The number of aliphatic hydroxyl groups excluding tert-OH is 1. The van der Waals surface area contributed by atoms with Crippen molar-refractivity contribution >= 4 is 17.6 Å². The number of rotatable bonds is 7. The van der Waals surface area contributed by atoms with Gasteiger partial charge in [-0.25, -0.2) is 4.39 Å². The first-order valence-electron chi connectivity index (χ1n) is 8.18. The number of nitrogens with one attached hydrogen (secondary N) is 2. The second kappa shape index (κ2) is 10.0. The van der Waals surface area contributed by atoms with E-state index in [-0.39, 0.29) is 18.3 Å². The lowest BCUT2D eigenvalue weighted by molar-refractivity contribution is 0.265. The highest BCUT2D eigenvalue weighted by Gasteiger charge is 2.11. The zero-order valence-electron chi connectivity index (χ0n) is 14.2. The Kier molecular flexibility index (Phi) is 7.70. The fourth-order valence-electron chi connectivity index (χ4n) is 2.49. The Bertz CT molecular complexity index is 694. The van der Waals surface area contributed by atoms with Gasteiger partial charge in [-0.3, -0.25) is 4.99 Å². The summed E-state index contributed by atoms with van der Waals surface area (Å²) >= 11 is 6.03. The molecule has 2 aromatic carbocycles. The molecule has 0 saturated heterocycles. The lowest BCUT2D eigenvalue weighted by Crippen LogP contribution is -2.40. The fourth-order valence-corrected chi connectivity index (χ4v) is 2.76. The van der Waals surface area contributed by atoms with Gasteiger partial charge in [0.1, 0.15) is 5.82 Å². The van der Waals surface area contributed by atoms with E-state index in [1.54, 1.807) is 13.1 Å². The van der Waals surface area contributed by atoms with Gasteiger partial charge in [0.2, 0.25) is 0 Å². The predicted molar refractivity (Wildman–Crippen MR) is 101 cm³/mol. The molecule has 0 aliphatic rings. The van der Waals surface area contributed by atoms with Gasteiger partial charge in [0.05, 0.1) is 6.61 Å². The van der Waals surface area contributed by atoms with Gasteiger partial charge >= 0.3 is 0 Å². The third-order valence-electron chi connectivity index (χ3n) is 3.93. The molecule has 0 saturated carbocycles. The van der Waals surface area contributed by atoms with Crippen LogP contribution in [0.3, 0.4) is 0 Å². The first-order valence-corrected chi connectivity index (χ1v) is 8.56. The van der Waals surface area contributed by atoms with Crippen LogP contribution in [0.2, 0.25) is 5.02 Å². The van der Waals surface area contributed by atoms with E-state index in [4.69, 9.17) is 11.6 Å². The molecular formula is C19H23ClFN3O. The molecule has 0 spiro atoms. The number of halogens is 2. The minimum Gasteiger partial charge on any atom is -0.396 e. The van der Waals surface area contributed by atoms with Crippen LogP contribution >= 0.6 is 11.6 Å². The number of aliphatic imine (C=N–C) groups is 1. The van der Waals surface area contributed by atoms with E-state index in [2.05, 4.69) is 15.6 Å². The maximum atomic E-state index is 13.1. The van der Waals surface area contributed by atoms with Crippen LogP contribution in [0, 0.1) is 5.82 Å². The minimum atomic E-state index is -0.338. The molecular weight excluding hydrogens is 341 g/mol. The summed E-state index contributed by atoms with van der Waals surface area (Å²) in [4.78, 5) is 4.18. The Balaban J connectivity index is 1.82. The summed E-state index contributed by atoms with van der Waals surface area (Å²) in [6, 6.07) is 14.3. The standard InChI is InChI=1S/C19H23ClFN3O/c1-22-19(23-10-9-15-7-8-17(21)11-18(15)20)24-12-16(13-25)14-5-3-2-4-6-14/h2-8,11,16,25H,9-10,12-13H2,1H3,(H2,22,23,24). The second-order valence-electron chi connectivity index (χ2n) is 5.66. The molecule has 0 aliphatic heterocycles. The van der Waals surface area contributed by atoms with Crippen molar-refractivity contribution in [3.8, 4) is 0 Å². The zero-order chi connectivity index (χ0) is 18.1. The molecule has 0 aliphatic carbocycles. The van der Waals surface area contributed by atoms with Crippen molar-refractivity contribution in [2.75, 3.05) is 26.7 Å². The first-order chi connectivity index (χ1) is 12.1. The van der Waals surface area contributed by atoms with E-state index in [0.29, 0.717) is 30.5 Å². The van der Waals surface area contributed by atoms with Crippen molar-refractivity contribution in [3.05, 3.63) is 70.5 Å². The fraction of sp³-hybridized carbons (Fsp3) is 0.316. The van der Waals surface area contributed by atoms with E-state index in [1.165, 1.54) is 12.1 Å². The molecule has 1 atom stereocenters. The van der Waals surface area contributed by atoms with Gasteiger partial charge in [0, 0.05) is 31.1 Å². The molecule has 1 unspecified atom stereocenters. The number of hydrogen-bond acceptors (Lipinski definition) is 2. The lowest BCUT2D eigenvalue weighted by atomic mass is 10.0. The van der Waals surface area contributed by atoms with Gasteiger partial charge in [0.25, 0.3) is 0 Å². The molecule has 2 rings (SSSR count). The lowest BCUT2D eigenvalue weighted by Gasteiger charge is -2.18. The van der Waals surface area contributed by atoms with Gasteiger partial charge in [-0.05, 0) is 29.7 Å². The van der Waals surface area contributed by atoms with Gasteiger partial charge in [-0.2, -0.15) is 0 Å². The summed E-state index contributed by atoms with van der Waals surface area (Å²) in [5.41, 5.74) is 1.95. The van der Waals surface area contributed by atoms with Crippen molar-refractivity contribution in [1.29, 1.82) is 0 Å². The third-order valence-corrected chi connectivity index (χ3v) is 4.28. The molecule has 0 bridgehead atoms. The highest BCUT2D eigenvalue weighted by atomic mass is 35.5. The monoisotopic (exact) mass is 363 g/mol. The summed E-state index contributed by atoms with van der Waals surface area (Å²) in [6.45, 7) is 1.23. The number of hydrogen-bond donors (Lipinski definition) is 3. The van der Waals surface area contributed by atoms with Crippen LogP contribution in [-0.4, -0.2) is 37.8 Å². The maximum absolute atomic E-state index is 13.1. The molecule has 0 fully saturated rings. The van der Waals surface area contributed by atoms with Crippen molar-refractivity contribution in [2.24, 2.45) is 4.99 Å². The van der Waals surface area contributed by atoms with E-state index in [0.717, 1.165) is 11.1 Å². The predicted octanol–water partition coefficient (Wildman–Crippen LogP) is 2.96. The largest absolute Gasteiger partial charge is 0.396 e. The number of nitrogens with zero attached hydrogens (tertiary/aromatic N) is 1. The van der Waals surface area contributed by atoms with Crippen LogP contribution in [0.25, 0.3) is 0 Å². The summed E-state index contributed by atoms with van der Waals surface area (Å²) in [5, 5.41) is 16.4. The Hall–Kier alpha value is -2.11. The summed E-state index contributed by atoms with van der Waals surface area (Å²) in [5.74, 6) is 0.300. The van der Waals surface area contributed by atoms with E-state index in [9.17, 15) is 9.50 Å². The van der Waals surface area contributed by atoms with E-state index in [1.807, 2.05) is 30.3 Å². The third kappa shape index (κ3) is 6.03. The average Bonchev–Trinajstić information content (AvgIpc) is 2.63. The van der Waals surface area contributed by atoms with Crippen LogP contribution in [0.1, 0.15) is 17.0 Å². The molecule has 3 N–H and O–H groups in total. The van der Waals surface area contributed by atoms with Crippen LogP contribution in [-0.2, 0) is 6.42 Å². The van der Waals surface area contributed by atoms with Crippen LogP contribution in [0.5, 0.6) is 0 Å². The highest BCUT2D eigenvalue weighted by molar-refractivity contribution is 6.31. The van der Waals surface area contributed by atoms with Crippen molar-refractivity contribution in [1.82, 2.24) is 10.6 Å². The van der Waals surface area contributed by atoms with Crippen molar-refractivity contribution < 1.29 is 9.50 Å². The van der Waals surface area contributed by atoms with Gasteiger partial charge in [-0.1, -0.05) is 48.0 Å². The smallest absolute Gasteiger partial charge is 0.191 e. The average molecular weight is 364 g/mol. The summed E-state index contributed by atoms with van der Waals surface area (Å²) < 4.78 is 13.1. The van der Waals surface area contributed by atoms with Crippen molar-refractivity contribution in [2.45, 2.75) is 12.3 Å². The van der Waals surface area contributed by atoms with Crippen LogP contribution < -0.4 is 10.6 Å². The topological polar surface area (TPSA) is 56.7 Å². The number of benzene rings is 2. The second-order valence-corrected chi connectivity index (χ2v) is 6.06. The number of aliphatic hydroxyl groups is 1. The zero-order valence-corrected chi connectivity index (χ0v) is 14.9. The maximum Gasteiger partial charge on any atom is 0.191 e. The number of guanidine groups is 1. The SMILES string of the molecule is CN=C(NCCc1ccc(F)cc1Cl)NCC(CO)c1ccccc1.